The highest BCUT2D eigenvalue weighted by atomic mass is 127. The average Bonchev–Trinajstić information content (AvgIpc) is 2.54. The van der Waals surface area contributed by atoms with Crippen LogP contribution >= 0.6 is 24.0 Å². The van der Waals surface area contributed by atoms with Gasteiger partial charge in [0.05, 0.1) is 13.7 Å². The molecule has 0 aliphatic carbocycles. The normalized spacial score (nSPS) is 10.6. The molecule has 23 heavy (non-hydrogen) atoms. The van der Waals surface area contributed by atoms with Crippen molar-refractivity contribution in [3.63, 3.8) is 0 Å². The maximum absolute atomic E-state index is 5.83. The van der Waals surface area contributed by atoms with Gasteiger partial charge in [-0.15, -0.1) is 24.0 Å². The van der Waals surface area contributed by atoms with Crippen molar-refractivity contribution in [1.82, 2.24) is 0 Å². The van der Waals surface area contributed by atoms with Crippen LogP contribution in [0.1, 0.15) is 5.56 Å². The molecule has 6 heteroatoms. The molecule has 3 N–H and O–H groups in total. The van der Waals surface area contributed by atoms with Gasteiger partial charge in [0.2, 0.25) is 0 Å². The Morgan fingerprint density at radius 2 is 1.65 bits per heavy atom. The lowest BCUT2D eigenvalue weighted by Crippen LogP contribution is -2.23. The highest BCUT2D eigenvalue weighted by molar-refractivity contribution is 14.0. The van der Waals surface area contributed by atoms with E-state index in [9.17, 15) is 0 Å². The van der Waals surface area contributed by atoms with Crippen molar-refractivity contribution < 1.29 is 9.47 Å². The third-order valence-corrected chi connectivity index (χ3v) is 3.03. The van der Waals surface area contributed by atoms with Gasteiger partial charge >= 0.3 is 0 Å². The number of nitrogens with zero attached hydrogens (tertiary/aromatic N) is 1. The van der Waals surface area contributed by atoms with E-state index in [1.165, 1.54) is 5.56 Å². The number of aryl methyl sites for hydroxylation is 1. The molecule has 0 amide bonds. The monoisotopic (exact) mass is 427 g/mol. The van der Waals surface area contributed by atoms with Gasteiger partial charge in [-0.05, 0) is 43.3 Å². The highest BCUT2D eigenvalue weighted by Gasteiger charge is 1.97. The topological polar surface area (TPSA) is 68.9 Å². The fourth-order valence-electron chi connectivity index (χ4n) is 1.83. The minimum absolute atomic E-state index is 0. The minimum atomic E-state index is 0. The summed E-state index contributed by atoms with van der Waals surface area (Å²) in [5, 5.41) is 3.02. The second-order valence-corrected chi connectivity index (χ2v) is 4.78. The molecular formula is C17H22IN3O2. The molecule has 0 heterocycles. The fourth-order valence-corrected chi connectivity index (χ4v) is 1.83. The second kappa shape index (κ2) is 9.94. The van der Waals surface area contributed by atoms with E-state index >= 15 is 0 Å². The lowest BCUT2D eigenvalue weighted by Gasteiger charge is -2.07. The van der Waals surface area contributed by atoms with Gasteiger partial charge in [-0.3, -0.25) is 0 Å². The number of guanidine groups is 1. The zero-order valence-electron chi connectivity index (χ0n) is 13.3. The van der Waals surface area contributed by atoms with Crippen LogP contribution in [0.25, 0.3) is 0 Å². The first kappa shape index (κ1) is 19.1. The summed E-state index contributed by atoms with van der Waals surface area (Å²) in [5.74, 6) is 1.99. The average molecular weight is 427 g/mol. The van der Waals surface area contributed by atoms with Gasteiger partial charge in [-0.1, -0.05) is 17.7 Å². The van der Waals surface area contributed by atoms with Crippen LogP contribution in [0.5, 0.6) is 11.5 Å². The van der Waals surface area contributed by atoms with Crippen LogP contribution in [0.3, 0.4) is 0 Å². The lowest BCUT2D eigenvalue weighted by atomic mass is 10.2. The van der Waals surface area contributed by atoms with Gasteiger partial charge in [-0.25, -0.2) is 4.99 Å². The molecule has 0 aromatic heterocycles. The van der Waals surface area contributed by atoms with Crippen LogP contribution in [0.2, 0.25) is 0 Å². The van der Waals surface area contributed by atoms with Crippen molar-refractivity contribution in [2.75, 3.05) is 25.6 Å². The summed E-state index contributed by atoms with van der Waals surface area (Å²) in [6.07, 6.45) is 0. The largest absolute Gasteiger partial charge is 0.497 e. The highest BCUT2D eigenvalue weighted by Crippen LogP contribution is 2.14. The standard InChI is InChI=1S/C17H21N3O2.HI/c1-13-3-7-16(8-4-13)22-12-11-19-17(18)20-14-5-9-15(21-2)10-6-14;/h3-10H,11-12H2,1-2H3,(H3,18,19,20);1H. The molecule has 124 valence electrons. The predicted octanol–water partition coefficient (Wildman–Crippen LogP) is 3.43. The van der Waals surface area contributed by atoms with Crippen molar-refractivity contribution in [3.8, 4) is 11.5 Å². The summed E-state index contributed by atoms with van der Waals surface area (Å²) >= 11 is 0. The summed E-state index contributed by atoms with van der Waals surface area (Å²) in [6, 6.07) is 15.4. The molecule has 0 radical (unpaired) electrons. The van der Waals surface area contributed by atoms with Crippen molar-refractivity contribution in [3.05, 3.63) is 54.1 Å². The Morgan fingerprint density at radius 1 is 1.04 bits per heavy atom. The summed E-state index contributed by atoms with van der Waals surface area (Å²) in [4.78, 5) is 4.22. The van der Waals surface area contributed by atoms with E-state index in [-0.39, 0.29) is 24.0 Å². The molecule has 0 aliphatic heterocycles. The molecule has 0 fully saturated rings. The third-order valence-electron chi connectivity index (χ3n) is 3.03. The van der Waals surface area contributed by atoms with Crippen molar-refractivity contribution in [2.45, 2.75) is 6.92 Å². The number of benzene rings is 2. The number of anilines is 1. The van der Waals surface area contributed by atoms with Gasteiger partial charge in [0.1, 0.15) is 18.1 Å². The Balaban J connectivity index is 0.00000264. The first-order valence-corrected chi connectivity index (χ1v) is 7.08. The number of ether oxygens (including phenoxy) is 2. The number of nitrogens with two attached hydrogens (primary N) is 1. The Hall–Kier alpha value is -1.96. The Kier molecular flexibility index (Phi) is 8.25. The van der Waals surface area contributed by atoms with E-state index in [2.05, 4.69) is 10.3 Å². The molecule has 5 nitrogen and oxygen atoms in total. The first-order chi connectivity index (χ1) is 10.7. The van der Waals surface area contributed by atoms with E-state index in [1.807, 2.05) is 55.5 Å². The lowest BCUT2D eigenvalue weighted by molar-refractivity contribution is 0.328. The quantitative estimate of drug-likeness (QED) is 0.321. The fraction of sp³-hybridized carbons (Fsp3) is 0.235. The summed E-state index contributed by atoms with van der Waals surface area (Å²) in [7, 11) is 1.63. The Morgan fingerprint density at radius 3 is 2.26 bits per heavy atom. The molecule has 2 aromatic carbocycles. The number of rotatable bonds is 6. The molecule has 0 bridgehead atoms. The second-order valence-electron chi connectivity index (χ2n) is 4.78. The maximum Gasteiger partial charge on any atom is 0.193 e. The predicted molar refractivity (Wildman–Crippen MR) is 105 cm³/mol. The Bertz CT molecular complexity index is 613. The summed E-state index contributed by atoms with van der Waals surface area (Å²) in [5.41, 5.74) is 7.90. The van der Waals surface area contributed by atoms with E-state index < -0.39 is 0 Å². The van der Waals surface area contributed by atoms with Crippen LogP contribution in [0.4, 0.5) is 5.69 Å². The smallest absolute Gasteiger partial charge is 0.193 e. The van der Waals surface area contributed by atoms with Crippen LogP contribution in [0.15, 0.2) is 53.5 Å². The van der Waals surface area contributed by atoms with Crippen LogP contribution in [-0.2, 0) is 0 Å². The number of nitrogens with one attached hydrogen (secondary N) is 1. The van der Waals surface area contributed by atoms with E-state index in [4.69, 9.17) is 15.2 Å². The zero-order chi connectivity index (χ0) is 15.8. The van der Waals surface area contributed by atoms with Crippen LogP contribution < -0.4 is 20.5 Å². The van der Waals surface area contributed by atoms with Crippen molar-refractivity contribution in [1.29, 1.82) is 0 Å². The molecule has 0 saturated carbocycles. The van der Waals surface area contributed by atoms with E-state index in [0.717, 1.165) is 17.2 Å². The van der Waals surface area contributed by atoms with Crippen molar-refractivity contribution in [2.24, 2.45) is 10.7 Å². The van der Waals surface area contributed by atoms with Crippen molar-refractivity contribution >= 4 is 35.6 Å². The molecule has 0 aliphatic rings. The molecule has 0 unspecified atom stereocenters. The Labute approximate surface area is 153 Å². The molecule has 0 spiro atoms. The number of methoxy groups -OCH3 is 1. The third kappa shape index (κ3) is 6.77. The number of hydrogen-bond donors (Lipinski definition) is 2. The van der Waals surface area contributed by atoms with Gasteiger partial charge in [0.25, 0.3) is 0 Å². The van der Waals surface area contributed by atoms with E-state index in [0.29, 0.717) is 19.1 Å². The molecule has 2 aromatic rings. The van der Waals surface area contributed by atoms with Gasteiger partial charge in [0, 0.05) is 5.69 Å². The van der Waals surface area contributed by atoms with E-state index in [1.54, 1.807) is 7.11 Å². The molecule has 0 atom stereocenters. The number of halogens is 1. The minimum Gasteiger partial charge on any atom is -0.497 e. The maximum atomic E-state index is 5.83. The molecular weight excluding hydrogens is 405 g/mol. The summed E-state index contributed by atoms with van der Waals surface area (Å²) in [6.45, 7) is 3.01. The van der Waals surface area contributed by atoms with Gasteiger partial charge < -0.3 is 20.5 Å². The van der Waals surface area contributed by atoms with Gasteiger partial charge in [0.15, 0.2) is 5.96 Å². The number of aliphatic imine (C=N–C) groups is 1. The van der Waals surface area contributed by atoms with Gasteiger partial charge in [-0.2, -0.15) is 0 Å². The number of hydrogen-bond acceptors (Lipinski definition) is 3. The summed E-state index contributed by atoms with van der Waals surface area (Å²) < 4.78 is 10.7. The molecule has 0 saturated heterocycles. The zero-order valence-corrected chi connectivity index (χ0v) is 15.6. The van der Waals surface area contributed by atoms with Crippen LogP contribution in [-0.4, -0.2) is 26.2 Å². The SMILES string of the molecule is COc1ccc(NC(N)=NCCOc2ccc(C)cc2)cc1.I. The first-order valence-electron chi connectivity index (χ1n) is 7.08. The van der Waals surface area contributed by atoms with Crippen LogP contribution in [0, 0.1) is 6.92 Å². The molecule has 2 rings (SSSR count).